The van der Waals surface area contributed by atoms with Gasteiger partial charge in [0.2, 0.25) is 5.91 Å². The van der Waals surface area contributed by atoms with E-state index in [0.717, 1.165) is 36.0 Å². The van der Waals surface area contributed by atoms with E-state index in [9.17, 15) is 14.9 Å². The number of carbonyl (C=O) groups excluding carboxylic acids is 2. The highest BCUT2D eigenvalue weighted by Gasteiger charge is 2.43. The van der Waals surface area contributed by atoms with Gasteiger partial charge in [-0.05, 0) is 79.5 Å². The quantitative estimate of drug-likeness (QED) is 0.486. The minimum absolute atomic E-state index is 0.00815. The Hall–Kier alpha value is -3.70. The molecule has 38 heavy (non-hydrogen) atoms. The number of aryl methyl sites for hydroxylation is 1. The average Bonchev–Trinajstić information content (AvgIpc) is 3.50. The zero-order chi connectivity index (χ0) is 27.2. The topological polar surface area (TPSA) is 104 Å². The van der Waals surface area contributed by atoms with Crippen molar-refractivity contribution in [3.05, 3.63) is 75.7 Å². The molecule has 3 heterocycles. The first-order valence-corrected chi connectivity index (χ1v) is 13.3. The number of nitrogens with zero attached hydrogens (tertiary/aromatic N) is 5. The summed E-state index contributed by atoms with van der Waals surface area (Å²) < 4.78 is 1.76. The molecule has 2 aromatic heterocycles. The van der Waals surface area contributed by atoms with Crippen LogP contribution in [-0.4, -0.2) is 39.2 Å². The van der Waals surface area contributed by atoms with Gasteiger partial charge in [0.15, 0.2) is 0 Å². The maximum Gasteiger partial charge on any atom is 0.254 e. The molecule has 1 aliphatic heterocycles. The number of amides is 2. The van der Waals surface area contributed by atoms with Crippen LogP contribution in [0.3, 0.4) is 0 Å². The number of aromatic nitrogens is 3. The molecule has 1 aliphatic carbocycles. The monoisotopic (exact) mass is 530 g/mol. The van der Waals surface area contributed by atoms with Gasteiger partial charge in [0.25, 0.3) is 5.91 Å². The lowest BCUT2D eigenvalue weighted by Gasteiger charge is -2.46. The van der Waals surface area contributed by atoms with E-state index in [-0.39, 0.29) is 35.2 Å². The number of nitrogens with one attached hydrogen (secondary N) is 1. The fourth-order valence-corrected chi connectivity index (χ4v) is 5.90. The summed E-state index contributed by atoms with van der Waals surface area (Å²) in [6, 6.07) is 9.41. The van der Waals surface area contributed by atoms with Gasteiger partial charge in [-0.25, -0.2) is 4.98 Å². The molecular formula is C29H31ClN6O2. The maximum absolute atomic E-state index is 13.0. The Kier molecular flexibility index (Phi) is 6.74. The van der Waals surface area contributed by atoms with E-state index in [1.54, 1.807) is 40.3 Å². The first-order chi connectivity index (χ1) is 18.1. The zero-order valence-electron chi connectivity index (χ0n) is 22.0. The number of hydrogen-bond donors (Lipinski definition) is 1. The summed E-state index contributed by atoms with van der Waals surface area (Å²) >= 11 is 6.18. The van der Waals surface area contributed by atoms with E-state index in [1.807, 2.05) is 32.9 Å². The van der Waals surface area contributed by atoms with E-state index in [4.69, 9.17) is 11.6 Å². The molecule has 9 heteroatoms. The summed E-state index contributed by atoms with van der Waals surface area (Å²) in [6.45, 7) is 8.76. The summed E-state index contributed by atoms with van der Waals surface area (Å²) in [7, 11) is 0. The van der Waals surface area contributed by atoms with E-state index >= 15 is 0 Å². The smallest absolute Gasteiger partial charge is 0.254 e. The van der Waals surface area contributed by atoms with Crippen molar-refractivity contribution in [1.29, 1.82) is 5.26 Å². The van der Waals surface area contributed by atoms with Crippen LogP contribution in [-0.2, 0) is 10.2 Å². The number of carbonyl (C=O) groups is 2. The molecule has 1 aromatic carbocycles. The molecule has 196 valence electrons. The predicted molar refractivity (Wildman–Crippen MR) is 145 cm³/mol. The Labute approximate surface area is 227 Å². The number of benzene rings is 1. The third-order valence-electron chi connectivity index (χ3n) is 8.08. The molecule has 1 saturated heterocycles. The molecule has 3 aromatic rings. The van der Waals surface area contributed by atoms with Gasteiger partial charge in [-0.1, -0.05) is 25.4 Å². The van der Waals surface area contributed by atoms with Crippen LogP contribution in [0.2, 0.25) is 5.02 Å². The fourth-order valence-electron chi connectivity index (χ4n) is 5.73. The summed E-state index contributed by atoms with van der Waals surface area (Å²) in [5.41, 5.74) is 3.83. The fraction of sp³-hybridized carbons (Fsp3) is 0.414. The lowest BCUT2D eigenvalue weighted by molar-refractivity contribution is -0.119. The molecule has 8 nitrogen and oxygen atoms in total. The number of nitriles is 1. The van der Waals surface area contributed by atoms with Crippen molar-refractivity contribution in [3.8, 4) is 6.07 Å². The van der Waals surface area contributed by atoms with Crippen molar-refractivity contribution >= 4 is 29.2 Å². The highest BCUT2D eigenvalue weighted by Crippen LogP contribution is 2.45. The van der Waals surface area contributed by atoms with Crippen LogP contribution in [0.5, 0.6) is 0 Å². The Morgan fingerprint density at radius 3 is 2.71 bits per heavy atom. The summed E-state index contributed by atoms with van der Waals surface area (Å²) in [5.74, 6) is 0.657. The highest BCUT2D eigenvalue weighted by atomic mass is 35.5. The predicted octanol–water partition coefficient (Wildman–Crippen LogP) is 4.94. The Balaban J connectivity index is 1.23. The van der Waals surface area contributed by atoms with Crippen LogP contribution in [0.15, 0.2) is 42.9 Å². The normalized spacial score (nSPS) is 23.6. The van der Waals surface area contributed by atoms with Crippen LogP contribution < -0.4 is 10.2 Å². The molecule has 1 unspecified atom stereocenters. The third kappa shape index (κ3) is 4.67. The van der Waals surface area contributed by atoms with Crippen molar-refractivity contribution in [1.82, 2.24) is 20.1 Å². The average molecular weight is 531 g/mol. The molecular weight excluding hydrogens is 500 g/mol. The van der Waals surface area contributed by atoms with Gasteiger partial charge in [-0.2, -0.15) is 10.4 Å². The van der Waals surface area contributed by atoms with Crippen LogP contribution in [0, 0.1) is 24.2 Å². The summed E-state index contributed by atoms with van der Waals surface area (Å²) in [4.78, 5) is 31.7. The zero-order valence-corrected chi connectivity index (χ0v) is 22.8. The largest absolute Gasteiger partial charge is 0.349 e. The molecule has 2 aliphatic rings. The van der Waals surface area contributed by atoms with Gasteiger partial charge in [0.05, 0.1) is 29.4 Å². The van der Waals surface area contributed by atoms with E-state index in [0.29, 0.717) is 28.5 Å². The minimum Gasteiger partial charge on any atom is -0.349 e. The molecule has 0 bridgehead atoms. The first-order valence-electron chi connectivity index (χ1n) is 12.9. The standard InChI is InChI=1S/C29H31ClN6O2/c1-17-7-8-35(28(17)38)26-9-18(2)24(15-32-26)19(3)36-16-21(14-33-36)27(37)34-23-11-29(4,12-23)25-10-22(30)6-5-20(25)13-31/h5-6,9-10,14-17,19,23H,7-8,11-12H2,1-4H3,(H,34,37)/t17-,19?,23-,29+/m0/s1. The third-order valence-corrected chi connectivity index (χ3v) is 8.31. The van der Waals surface area contributed by atoms with Gasteiger partial charge < -0.3 is 5.32 Å². The van der Waals surface area contributed by atoms with Crippen LogP contribution >= 0.6 is 11.6 Å². The van der Waals surface area contributed by atoms with E-state index in [1.165, 1.54) is 0 Å². The van der Waals surface area contributed by atoms with Gasteiger partial charge in [0, 0.05) is 35.9 Å². The number of halogens is 1. The Bertz CT molecular complexity index is 1450. The van der Waals surface area contributed by atoms with Crippen molar-refractivity contribution in [3.63, 3.8) is 0 Å². The lowest BCUT2D eigenvalue weighted by Crippen LogP contribution is -2.52. The molecule has 2 amide bonds. The van der Waals surface area contributed by atoms with Gasteiger partial charge in [-0.3, -0.25) is 19.2 Å². The molecule has 1 saturated carbocycles. The Morgan fingerprint density at radius 1 is 1.29 bits per heavy atom. The van der Waals surface area contributed by atoms with Crippen LogP contribution in [0.4, 0.5) is 5.82 Å². The van der Waals surface area contributed by atoms with Gasteiger partial charge in [0.1, 0.15) is 5.82 Å². The second kappa shape index (κ2) is 9.88. The number of anilines is 1. The van der Waals surface area contributed by atoms with Crippen LogP contribution in [0.1, 0.15) is 78.7 Å². The lowest BCUT2D eigenvalue weighted by atomic mass is 9.62. The van der Waals surface area contributed by atoms with E-state index in [2.05, 4.69) is 28.4 Å². The van der Waals surface area contributed by atoms with Crippen molar-refractivity contribution in [2.75, 3.05) is 11.4 Å². The molecule has 5 rings (SSSR count). The molecule has 1 N–H and O–H groups in total. The summed E-state index contributed by atoms with van der Waals surface area (Å²) in [5, 5.41) is 17.6. The minimum atomic E-state index is -0.207. The van der Waals surface area contributed by atoms with Crippen molar-refractivity contribution in [2.24, 2.45) is 5.92 Å². The number of pyridine rings is 1. The Morgan fingerprint density at radius 2 is 2.05 bits per heavy atom. The maximum atomic E-state index is 13.0. The second-order valence-electron chi connectivity index (χ2n) is 10.9. The van der Waals surface area contributed by atoms with Crippen LogP contribution in [0.25, 0.3) is 0 Å². The number of rotatable bonds is 6. The first kappa shape index (κ1) is 25.9. The van der Waals surface area contributed by atoms with Crippen molar-refractivity contribution < 1.29 is 9.59 Å². The summed E-state index contributed by atoms with van der Waals surface area (Å²) in [6.07, 6.45) is 7.43. The van der Waals surface area contributed by atoms with Crippen molar-refractivity contribution in [2.45, 2.75) is 64.5 Å². The van der Waals surface area contributed by atoms with Gasteiger partial charge >= 0.3 is 0 Å². The highest BCUT2D eigenvalue weighted by molar-refractivity contribution is 6.30. The molecule has 0 radical (unpaired) electrons. The second-order valence-corrected chi connectivity index (χ2v) is 11.3. The van der Waals surface area contributed by atoms with Gasteiger partial charge in [-0.15, -0.1) is 0 Å². The SMILES string of the molecule is Cc1cc(N2CC[C@H](C)C2=O)ncc1C(C)n1cc(C(=O)N[C@H]2C[C@@](C)(c3cc(Cl)ccc3C#N)C2)cn1. The molecule has 2 fully saturated rings. The van der Waals surface area contributed by atoms with E-state index < -0.39 is 0 Å². The molecule has 0 spiro atoms. The molecule has 2 atom stereocenters. The number of hydrogen-bond acceptors (Lipinski definition) is 5.